The molecule has 0 aromatic heterocycles. The van der Waals surface area contributed by atoms with Gasteiger partial charge in [-0.2, -0.15) is 0 Å². The lowest BCUT2D eigenvalue weighted by atomic mass is 9.41. The molecule has 1 saturated carbocycles. The lowest BCUT2D eigenvalue weighted by Crippen LogP contribution is -2.77. The highest BCUT2D eigenvalue weighted by atomic mass is 16.6. The summed E-state index contributed by atoms with van der Waals surface area (Å²) in [6, 6.07) is 4.43. The van der Waals surface area contributed by atoms with Gasteiger partial charge in [0.2, 0.25) is 0 Å². The number of methoxy groups -OCH3 is 2. The highest BCUT2D eigenvalue weighted by Gasteiger charge is 2.75. The Morgan fingerprint density at radius 3 is 2.38 bits per heavy atom. The maximum Gasteiger partial charge on any atom is 0.165 e. The first-order chi connectivity index (χ1) is 14.7. The van der Waals surface area contributed by atoms with Crippen LogP contribution in [0.5, 0.6) is 11.5 Å². The molecule has 3 aliphatic rings. The van der Waals surface area contributed by atoms with Gasteiger partial charge in [0.05, 0.1) is 12.7 Å². The number of aliphatic hydroxyl groups is 1. The molecule has 5 heteroatoms. The van der Waals surface area contributed by atoms with Crippen molar-refractivity contribution in [2.75, 3.05) is 20.8 Å². The number of aryl methyl sites for hydroxylation is 1. The van der Waals surface area contributed by atoms with E-state index in [1.165, 1.54) is 11.1 Å². The van der Waals surface area contributed by atoms with E-state index in [0.29, 0.717) is 0 Å². The van der Waals surface area contributed by atoms with Crippen LogP contribution in [0.3, 0.4) is 0 Å². The van der Waals surface area contributed by atoms with E-state index >= 15 is 0 Å². The van der Waals surface area contributed by atoms with Crippen molar-refractivity contribution in [2.45, 2.75) is 97.0 Å². The maximum atomic E-state index is 12.0. The fourth-order valence-electron chi connectivity index (χ4n) is 7.37. The molecule has 1 saturated heterocycles. The van der Waals surface area contributed by atoms with Gasteiger partial charge in [0.1, 0.15) is 11.7 Å². The van der Waals surface area contributed by atoms with Crippen molar-refractivity contribution in [1.82, 2.24) is 5.32 Å². The van der Waals surface area contributed by atoms with E-state index in [4.69, 9.17) is 14.2 Å². The number of rotatable bonds is 3. The van der Waals surface area contributed by atoms with Gasteiger partial charge in [-0.15, -0.1) is 0 Å². The summed E-state index contributed by atoms with van der Waals surface area (Å²) in [6.07, 6.45) is 1.57. The SMILES string of the molecule is COc1ccc(C)c2c1OC1C(C)(OC)C(C(C)(O)C(C)(C)C)CC3(C)C(C)NCCC213. The second kappa shape index (κ2) is 7.10. The van der Waals surface area contributed by atoms with Crippen molar-refractivity contribution >= 4 is 0 Å². The van der Waals surface area contributed by atoms with Crippen molar-refractivity contribution in [3.8, 4) is 11.5 Å². The average Bonchev–Trinajstić information content (AvgIpc) is 3.07. The quantitative estimate of drug-likeness (QED) is 0.711. The standard InChI is InChI=1S/C27H43NO4/c1-16-11-12-18(30-9)21-20(16)27-13-14-28-17(2)24(27,6)15-19(26(8,29)23(3,4)5)25(7,31-10)22(27)32-21/h11-12,17,19,22,28-29H,13-15H2,1-10H3. The van der Waals surface area contributed by atoms with Gasteiger partial charge in [-0.1, -0.05) is 33.8 Å². The molecule has 0 amide bonds. The Hall–Kier alpha value is -1.30. The molecule has 7 atom stereocenters. The number of benzene rings is 1. The molecular formula is C27H43NO4. The zero-order chi connectivity index (χ0) is 23.9. The molecule has 1 spiro atoms. The third kappa shape index (κ3) is 2.68. The molecule has 0 bridgehead atoms. The number of fused-ring (bicyclic) bond motifs is 1. The fraction of sp³-hybridized carbons (Fsp3) is 0.778. The van der Waals surface area contributed by atoms with E-state index in [2.05, 4.69) is 59.8 Å². The summed E-state index contributed by atoms with van der Waals surface area (Å²) >= 11 is 0. The second-order valence-electron chi connectivity index (χ2n) is 12.1. The lowest BCUT2D eigenvalue weighted by molar-refractivity contribution is -0.259. The first kappa shape index (κ1) is 23.8. The fourth-order valence-corrected chi connectivity index (χ4v) is 7.37. The zero-order valence-corrected chi connectivity index (χ0v) is 21.7. The van der Waals surface area contributed by atoms with Crippen molar-refractivity contribution in [2.24, 2.45) is 16.7 Å². The number of ether oxygens (including phenoxy) is 3. The van der Waals surface area contributed by atoms with Crippen LogP contribution in [0.1, 0.15) is 72.4 Å². The number of hydrogen-bond acceptors (Lipinski definition) is 5. The number of nitrogens with one attached hydrogen (secondary N) is 1. The summed E-state index contributed by atoms with van der Waals surface area (Å²) in [5.41, 5.74) is 0.179. The molecule has 5 nitrogen and oxygen atoms in total. The summed E-state index contributed by atoms with van der Waals surface area (Å²) in [4.78, 5) is 0. The van der Waals surface area contributed by atoms with Crippen LogP contribution < -0.4 is 14.8 Å². The Morgan fingerprint density at radius 1 is 1.16 bits per heavy atom. The van der Waals surface area contributed by atoms with Crippen LogP contribution in [0, 0.1) is 23.7 Å². The minimum Gasteiger partial charge on any atom is -0.493 e. The van der Waals surface area contributed by atoms with Crippen molar-refractivity contribution < 1.29 is 19.3 Å². The van der Waals surface area contributed by atoms with Crippen LogP contribution in [0.4, 0.5) is 0 Å². The molecule has 2 fully saturated rings. The van der Waals surface area contributed by atoms with E-state index in [9.17, 15) is 5.11 Å². The Bertz CT molecular complexity index is 906. The van der Waals surface area contributed by atoms with E-state index < -0.39 is 11.2 Å². The minimum absolute atomic E-state index is 0.119. The van der Waals surface area contributed by atoms with Gasteiger partial charge < -0.3 is 24.6 Å². The zero-order valence-electron chi connectivity index (χ0n) is 21.7. The Kier molecular flexibility index (Phi) is 5.29. The second-order valence-corrected chi connectivity index (χ2v) is 12.1. The van der Waals surface area contributed by atoms with Crippen molar-refractivity contribution in [1.29, 1.82) is 0 Å². The molecule has 2 N–H and O–H groups in total. The topological polar surface area (TPSA) is 60.0 Å². The average molecular weight is 446 g/mol. The van der Waals surface area contributed by atoms with E-state index in [-0.39, 0.29) is 34.3 Å². The normalized spacial score (nSPS) is 40.5. The third-order valence-electron chi connectivity index (χ3n) is 10.1. The van der Waals surface area contributed by atoms with Crippen molar-refractivity contribution in [3.63, 3.8) is 0 Å². The van der Waals surface area contributed by atoms with Crippen LogP contribution in [-0.2, 0) is 10.2 Å². The first-order valence-electron chi connectivity index (χ1n) is 12.1. The Labute approximate surface area is 194 Å². The summed E-state index contributed by atoms with van der Waals surface area (Å²) in [6.45, 7) is 18.3. The van der Waals surface area contributed by atoms with Gasteiger partial charge >= 0.3 is 0 Å². The van der Waals surface area contributed by atoms with E-state index in [1.54, 1.807) is 14.2 Å². The summed E-state index contributed by atoms with van der Waals surface area (Å²) in [5.74, 6) is 1.52. The van der Waals surface area contributed by atoms with Gasteiger partial charge in [-0.25, -0.2) is 0 Å². The summed E-state index contributed by atoms with van der Waals surface area (Å²) in [7, 11) is 3.49. The molecule has 1 aromatic rings. The van der Waals surface area contributed by atoms with Crippen molar-refractivity contribution in [3.05, 3.63) is 23.3 Å². The Morgan fingerprint density at radius 2 is 1.81 bits per heavy atom. The molecule has 2 aliphatic heterocycles. The molecule has 7 unspecified atom stereocenters. The highest BCUT2D eigenvalue weighted by molar-refractivity contribution is 5.60. The molecule has 1 aliphatic carbocycles. The highest BCUT2D eigenvalue weighted by Crippen LogP contribution is 2.70. The molecule has 2 heterocycles. The molecule has 180 valence electrons. The van der Waals surface area contributed by atoms with Gasteiger partial charge in [-0.3, -0.25) is 0 Å². The first-order valence-corrected chi connectivity index (χ1v) is 12.1. The third-order valence-corrected chi connectivity index (χ3v) is 10.1. The molecular weight excluding hydrogens is 402 g/mol. The predicted molar refractivity (Wildman–Crippen MR) is 128 cm³/mol. The van der Waals surface area contributed by atoms with Crippen LogP contribution >= 0.6 is 0 Å². The molecule has 4 rings (SSSR count). The molecule has 1 aromatic carbocycles. The van der Waals surface area contributed by atoms with Gasteiger partial charge in [0.15, 0.2) is 11.5 Å². The maximum absolute atomic E-state index is 12.0. The largest absolute Gasteiger partial charge is 0.493 e. The Balaban J connectivity index is 2.04. The van der Waals surface area contributed by atoms with Crippen LogP contribution in [0.25, 0.3) is 0 Å². The lowest BCUT2D eigenvalue weighted by Gasteiger charge is -2.67. The number of hydrogen-bond donors (Lipinski definition) is 2. The van der Waals surface area contributed by atoms with Crippen LogP contribution in [0.2, 0.25) is 0 Å². The summed E-state index contributed by atoms with van der Waals surface area (Å²) in [5, 5.41) is 15.8. The molecule has 0 radical (unpaired) electrons. The van der Waals surface area contributed by atoms with Gasteiger partial charge in [0, 0.05) is 30.0 Å². The smallest absolute Gasteiger partial charge is 0.165 e. The van der Waals surface area contributed by atoms with E-state index in [0.717, 1.165) is 30.9 Å². The van der Waals surface area contributed by atoms with E-state index in [1.807, 2.05) is 13.0 Å². The minimum atomic E-state index is -0.957. The molecule has 32 heavy (non-hydrogen) atoms. The summed E-state index contributed by atoms with van der Waals surface area (Å²) < 4.78 is 19.1. The van der Waals surface area contributed by atoms with Gasteiger partial charge in [0.25, 0.3) is 0 Å². The monoisotopic (exact) mass is 445 g/mol. The van der Waals surface area contributed by atoms with Gasteiger partial charge in [-0.05, 0) is 69.5 Å². The number of piperidine rings is 1. The predicted octanol–water partition coefficient (Wildman–Crippen LogP) is 4.61. The van der Waals surface area contributed by atoms with Crippen LogP contribution in [-0.4, -0.2) is 49.2 Å². The van der Waals surface area contributed by atoms with Crippen LogP contribution in [0.15, 0.2) is 12.1 Å².